The monoisotopic (exact) mass is 417 g/mol. The summed E-state index contributed by atoms with van der Waals surface area (Å²) in [6, 6.07) is 9.64. The summed E-state index contributed by atoms with van der Waals surface area (Å²) in [7, 11) is 1.75. The zero-order chi connectivity index (χ0) is 21.5. The first-order valence-corrected chi connectivity index (χ1v) is 10.2. The first-order valence-electron chi connectivity index (χ1n) is 10.2. The zero-order valence-corrected chi connectivity index (χ0v) is 17.4. The van der Waals surface area contributed by atoms with Gasteiger partial charge in [0, 0.05) is 42.3 Å². The number of hydrogen-bond acceptors (Lipinski definition) is 4. The van der Waals surface area contributed by atoms with Crippen molar-refractivity contribution >= 4 is 29.2 Å². The highest BCUT2D eigenvalue weighted by Gasteiger charge is 2.27. The molecular formula is C23H23N5O3. The van der Waals surface area contributed by atoms with Gasteiger partial charge in [-0.1, -0.05) is 6.07 Å². The highest BCUT2D eigenvalue weighted by molar-refractivity contribution is 6.35. The van der Waals surface area contributed by atoms with E-state index in [-0.39, 0.29) is 11.8 Å². The number of ether oxygens (including phenoxy) is 1. The maximum atomic E-state index is 13.0. The minimum absolute atomic E-state index is 0.117. The molecule has 0 radical (unpaired) electrons. The van der Waals surface area contributed by atoms with Crippen LogP contribution in [0, 0.1) is 6.92 Å². The predicted molar refractivity (Wildman–Crippen MR) is 117 cm³/mol. The molecule has 2 amide bonds. The molecule has 2 aliphatic heterocycles. The number of hydrogen-bond donors (Lipinski definition) is 2. The third kappa shape index (κ3) is 3.44. The SMILES string of the molecule is Cc1cc2c([nH]1)/C=C1\C(=O)Nc3ccc(cc31)-c1ccnn1CCOCCN(C)C2=O. The first-order chi connectivity index (χ1) is 15.0. The Hall–Kier alpha value is -3.65. The van der Waals surface area contributed by atoms with Crippen molar-refractivity contribution in [3.05, 3.63) is 59.0 Å². The van der Waals surface area contributed by atoms with Crippen LogP contribution < -0.4 is 5.32 Å². The molecule has 2 bridgehead atoms. The van der Waals surface area contributed by atoms with Crippen LogP contribution in [0.15, 0.2) is 36.5 Å². The molecule has 8 heteroatoms. The number of rotatable bonds is 0. The largest absolute Gasteiger partial charge is 0.378 e. The van der Waals surface area contributed by atoms with Crippen molar-refractivity contribution in [2.45, 2.75) is 13.5 Å². The van der Waals surface area contributed by atoms with Crippen LogP contribution in [-0.4, -0.2) is 58.3 Å². The summed E-state index contributed by atoms with van der Waals surface area (Å²) in [6.45, 7) is 3.88. The van der Waals surface area contributed by atoms with Crippen molar-refractivity contribution < 1.29 is 14.3 Å². The standard InChI is InChI=1S/C23H23N5O3/c1-14-11-18-20(25-14)13-17-16-12-15(3-4-19(16)26-22(17)29)21-5-6-24-28(21)8-10-31-9-7-27(2)23(18)30/h3-6,11-13,25H,7-10H2,1-2H3,(H,26,29)/b17-13-. The third-order valence-corrected chi connectivity index (χ3v) is 5.68. The molecule has 3 aromatic rings. The molecule has 0 aliphatic carbocycles. The van der Waals surface area contributed by atoms with Crippen LogP contribution in [0.3, 0.4) is 0 Å². The Balaban J connectivity index is 1.67. The Morgan fingerprint density at radius 2 is 1.90 bits per heavy atom. The molecule has 0 unspecified atom stereocenters. The number of fused-ring (bicyclic) bond motifs is 4. The molecule has 8 nitrogen and oxygen atoms in total. The molecule has 2 N–H and O–H groups in total. The van der Waals surface area contributed by atoms with Crippen molar-refractivity contribution in [3.8, 4) is 11.3 Å². The second kappa shape index (κ2) is 7.55. The first kappa shape index (κ1) is 19.3. The lowest BCUT2D eigenvalue weighted by Gasteiger charge is -2.17. The van der Waals surface area contributed by atoms with E-state index < -0.39 is 0 Å². The summed E-state index contributed by atoms with van der Waals surface area (Å²) in [5.41, 5.74) is 6.02. The van der Waals surface area contributed by atoms with Crippen molar-refractivity contribution in [2.75, 3.05) is 32.1 Å². The molecule has 158 valence electrons. The number of anilines is 1. The summed E-state index contributed by atoms with van der Waals surface area (Å²) in [6.07, 6.45) is 3.52. The van der Waals surface area contributed by atoms with Crippen molar-refractivity contribution in [1.29, 1.82) is 0 Å². The van der Waals surface area contributed by atoms with E-state index in [1.165, 1.54) is 0 Å². The van der Waals surface area contributed by atoms with E-state index in [1.807, 2.05) is 41.9 Å². The van der Waals surface area contributed by atoms with Gasteiger partial charge in [0.2, 0.25) is 0 Å². The van der Waals surface area contributed by atoms with Crippen LogP contribution >= 0.6 is 0 Å². The summed E-state index contributed by atoms with van der Waals surface area (Å²) in [4.78, 5) is 30.7. The van der Waals surface area contributed by atoms with E-state index in [0.29, 0.717) is 43.1 Å². The number of aromatic amines is 1. The number of benzene rings is 1. The fraction of sp³-hybridized carbons (Fsp3) is 0.261. The number of carbonyl (C=O) groups is 2. The Bertz CT molecular complexity index is 1220. The van der Waals surface area contributed by atoms with Gasteiger partial charge >= 0.3 is 0 Å². The van der Waals surface area contributed by atoms with Crippen molar-refractivity contribution in [1.82, 2.24) is 19.7 Å². The maximum absolute atomic E-state index is 13.0. The molecular weight excluding hydrogens is 394 g/mol. The second-order valence-corrected chi connectivity index (χ2v) is 7.83. The van der Waals surface area contributed by atoms with E-state index in [0.717, 1.165) is 28.2 Å². The number of amides is 2. The number of aryl methyl sites for hydroxylation is 1. The van der Waals surface area contributed by atoms with Crippen LogP contribution in [0.1, 0.15) is 27.3 Å². The normalized spacial score (nSPS) is 18.3. The lowest BCUT2D eigenvalue weighted by Crippen LogP contribution is -2.30. The van der Waals surface area contributed by atoms with Crippen LogP contribution in [0.25, 0.3) is 22.9 Å². The smallest absolute Gasteiger partial charge is 0.256 e. The van der Waals surface area contributed by atoms with Crippen LogP contribution in [0.5, 0.6) is 0 Å². The van der Waals surface area contributed by atoms with Crippen LogP contribution in [-0.2, 0) is 16.1 Å². The van der Waals surface area contributed by atoms with Gasteiger partial charge in [-0.25, -0.2) is 0 Å². The van der Waals surface area contributed by atoms with Crippen LogP contribution in [0.4, 0.5) is 5.69 Å². The molecule has 5 rings (SSSR count). The number of nitrogens with one attached hydrogen (secondary N) is 2. The topological polar surface area (TPSA) is 92.2 Å². The number of likely N-dealkylation sites (N-methyl/N-ethyl adjacent to an activating group) is 1. The molecule has 4 heterocycles. The number of H-pyrrole nitrogens is 1. The second-order valence-electron chi connectivity index (χ2n) is 7.83. The summed E-state index contributed by atoms with van der Waals surface area (Å²) >= 11 is 0. The van der Waals surface area contributed by atoms with Crippen LogP contribution in [0.2, 0.25) is 0 Å². The van der Waals surface area contributed by atoms with Gasteiger partial charge in [-0.2, -0.15) is 5.10 Å². The van der Waals surface area contributed by atoms with Gasteiger partial charge in [0.25, 0.3) is 11.8 Å². The number of nitrogens with zero attached hydrogens (tertiary/aromatic N) is 3. The van der Waals surface area contributed by atoms with Gasteiger partial charge in [0.15, 0.2) is 0 Å². The molecule has 2 aliphatic rings. The lowest BCUT2D eigenvalue weighted by atomic mass is 10.0. The third-order valence-electron chi connectivity index (χ3n) is 5.68. The minimum atomic E-state index is -0.186. The molecule has 0 saturated heterocycles. The predicted octanol–water partition coefficient (Wildman–Crippen LogP) is 2.78. The molecule has 31 heavy (non-hydrogen) atoms. The Morgan fingerprint density at radius 3 is 2.77 bits per heavy atom. The summed E-state index contributed by atoms with van der Waals surface area (Å²) < 4.78 is 7.65. The van der Waals surface area contributed by atoms with Crippen molar-refractivity contribution in [3.63, 3.8) is 0 Å². The number of aromatic nitrogens is 3. The average Bonchev–Trinajstić information content (AvgIpc) is 3.44. The molecule has 0 atom stereocenters. The van der Waals surface area contributed by atoms with Gasteiger partial charge < -0.3 is 19.9 Å². The van der Waals surface area contributed by atoms with Gasteiger partial charge in [-0.3, -0.25) is 14.3 Å². The molecule has 2 aromatic heterocycles. The van der Waals surface area contributed by atoms with E-state index in [4.69, 9.17) is 4.74 Å². The molecule has 0 spiro atoms. The lowest BCUT2D eigenvalue weighted by molar-refractivity contribution is -0.110. The van der Waals surface area contributed by atoms with E-state index in [2.05, 4.69) is 15.4 Å². The molecule has 0 saturated carbocycles. The Labute approximate surface area is 179 Å². The average molecular weight is 417 g/mol. The van der Waals surface area contributed by atoms with Crippen molar-refractivity contribution in [2.24, 2.45) is 0 Å². The molecule has 1 aromatic carbocycles. The van der Waals surface area contributed by atoms with E-state index in [1.54, 1.807) is 24.2 Å². The highest BCUT2D eigenvalue weighted by Crippen LogP contribution is 2.36. The molecule has 0 fully saturated rings. The van der Waals surface area contributed by atoms with E-state index >= 15 is 0 Å². The minimum Gasteiger partial charge on any atom is -0.378 e. The Morgan fingerprint density at radius 1 is 1.06 bits per heavy atom. The fourth-order valence-electron chi connectivity index (χ4n) is 4.05. The zero-order valence-electron chi connectivity index (χ0n) is 17.4. The van der Waals surface area contributed by atoms with Gasteiger partial charge in [0.05, 0.1) is 42.3 Å². The van der Waals surface area contributed by atoms with Gasteiger partial charge in [-0.15, -0.1) is 0 Å². The maximum Gasteiger partial charge on any atom is 0.256 e. The van der Waals surface area contributed by atoms with Gasteiger partial charge in [-0.05, 0) is 37.3 Å². The quantitative estimate of drug-likeness (QED) is 0.588. The fourth-order valence-corrected chi connectivity index (χ4v) is 4.05. The number of carbonyl (C=O) groups excluding carboxylic acids is 2. The van der Waals surface area contributed by atoms with E-state index in [9.17, 15) is 9.59 Å². The highest BCUT2D eigenvalue weighted by atomic mass is 16.5. The van der Waals surface area contributed by atoms with Gasteiger partial charge in [0.1, 0.15) is 0 Å². The summed E-state index contributed by atoms with van der Waals surface area (Å²) in [5.74, 6) is -0.303. The summed E-state index contributed by atoms with van der Waals surface area (Å²) in [5, 5.41) is 7.34. The Kier molecular flexibility index (Phi) is 4.71.